The number of fused-ring (bicyclic) bond motifs is 1. The third-order valence-electron chi connectivity index (χ3n) is 7.10. The number of nitrogens with one attached hydrogen (secondary N) is 3. The van der Waals surface area contributed by atoms with Crippen molar-refractivity contribution in [2.75, 3.05) is 13.1 Å². The van der Waals surface area contributed by atoms with Crippen molar-refractivity contribution in [3.05, 3.63) is 34.3 Å². The molecule has 1 aromatic rings. The zero-order valence-corrected chi connectivity index (χ0v) is 22.1. The van der Waals surface area contributed by atoms with Gasteiger partial charge in [-0.2, -0.15) is 0 Å². The van der Waals surface area contributed by atoms with Gasteiger partial charge in [-0.1, -0.05) is 44.5 Å². The second-order valence-electron chi connectivity index (χ2n) is 10.2. The van der Waals surface area contributed by atoms with E-state index in [0.717, 1.165) is 30.5 Å². The van der Waals surface area contributed by atoms with Crippen LogP contribution in [0.2, 0.25) is 5.02 Å². The normalized spacial score (nSPS) is 23.0. The average molecular weight is 520 g/mol. The lowest BCUT2D eigenvalue weighted by molar-refractivity contribution is -0.144. The van der Waals surface area contributed by atoms with Crippen LogP contribution in [0.4, 0.5) is 0 Å². The van der Waals surface area contributed by atoms with Gasteiger partial charge in [-0.25, -0.2) is 0 Å². The number of halogens is 1. The van der Waals surface area contributed by atoms with Crippen LogP contribution in [0.15, 0.2) is 18.2 Å². The predicted molar refractivity (Wildman–Crippen MR) is 138 cm³/mol. The number of amides is 4. The molecule has 2 fully saturated rings. The highest BCUT2D eigenvalue weighted by molar-refractivity contribution is 6.31. The Morgan fingerprint density at radius 3 is 2.64 bits per heavy atom. The fraction of sp³-hybridized carbons (Fsp3) is 0.615. The Labute approximate surface area is 217 Å². The molecule has 2 saturated heterocycles. The van der Waals surface area contributed by atoms with E-state index in [2.05, 4.69) is 29.8 Å². The molecular formula is C26H38ClN5O4. The highest BCUT2D eigenvalue weighted by Gasteiger charge is 2.43. The number of hydrogen-bond donors (Lipinski definition) is 4. The first-order valence-corrected chi connectivity index (χ1v) is 13.1. The average Bonchev–Trinajstić information content (AvgIpc) is 3.25. The summed E-state index contributed by atoms with van der Waals surface area (Å²) in [5.41, 5.74) is 7.16. The molecule has 0 bridgehead atoms. The fourth-order valence-electron chi connectivity index (χ4n) is 4.88. The molecule has 0 radical (unpaired) electrons. The molecule has 0 aromatic heterocycles. The van der Waals surface area contributed by atoms with Crippen molar-refractivity contribution in [3.8, 4) is 0 Å². The van der Waals surface area contributed by atoms with Crippen molar-refractivity contribution in [1.82, 2.24) is 20.9 Å². The van der Waals surface area contributed by atoms with E-state index < -0.39 is 23.9 Å². The van der Waals surface area contributed by atoms with Crippen molar-refractivity contribution in [3.63, 3.8) is 0 Å². The molecule has 36 heavy (non-hydrogen) atoms. The highest BCUT2D eigenvalue weighted by Crippen LogP contribution is 2.29. The van der Waals surface area contributed by atoms with E-state index in [9.17, 15) is 19.2 Å². The summed E-state index contributed by atoms with van der Waals surface area (Å²) >= 11 is 6.40. The monoisotopic (exact) mass is 519 g/mol. The van der Waals surface area contributed by atoms with Gasteiger partial charge >= 0.3 is 0 Å². The molecule has 5 N–H and O–H groups in total. The van der Waals surface area contributed by atoms with E-state index >= 15 is 0 Å². The smallest absolute Gasteiger partial charge is 0.243 e. The minimum atomic E-state index is -0.957. The van der Waals surface area contributed by atoms with Crippen LogP contribution in [0.5, 0.6) is 0 Å². The quantitative estimate of drug-likeness (QED) is 0.395. The summed E-state index contributed by atoms with van der Waals surface area (Å²) in [6, 6.07) is 4.13. The first kappa shape index (κ1) is 27.9. The molecule has 0 aliphatic carbocycles. The van der Waals surface area contributed by atoms with Crippen molar-refractivity contribution >= 4 is 35.2 Å². The second kappa shape index (κ2) is 12.5. The van der Waals surface area contributed by atoms with Gasteiger partial charge in [0.05, 0.1) is 0 Å². The highest BCUT2D eigenvalue weighted by atomic mass is 35.5. The Morgan fingerprint density at radius 2 is 1.97 bits per heavy atom. The minimum Gasteiger partial charge on any atom is -0.370 e. The maximum absolute atomic E-state index is 13.3. The first-order chi connectivity index (χ1) is 17.1. The van der Waals surface area contributed by atoms with Crippen molar-refractivity contribution in [1.29, 1.82) is 0 Å². The molecule has 4 atom stereocenters. The van der Waals surface area contributed by atoms with Gasteiger partial charge in [0.1, 0.15) is 12.1 Å². The summed E-state index contributed by atoms with van der Waals surface area (Å²) in [5.74, 6) is -1.33. The summed E-state index contributed by atoms with van der Waals surface area (Å²) in [4.78, 5) is 52.5. The Bertz CT molecular complexity index is 985. The molecule has 2 aliphatic rings. The van der Waals surface area contributed by atoms with E-state index in [-0.39, 0.29) is 43.2 Å². The maximum atomic E-state index is 13.3. The Hall–Kier alpha value is -2.65. The number of nitrogens with zero attached hydrogens (tertiary/aromatic N) is 1. The number of nitrogens with two attached hydrogens (primary N) is 1. The lowest BCUT2D eigenvalue weighted by atomic mass is 10.0. The molecule has 0 unspecified atom stereocenters. The van der Waals surface area contributed by atoms with E-state index in [1.54, 1.807) is 4.90 Å². The topological polar surface area (TPSA) is 134 Å². The Balaban J connectivity index is 1.68. The molecule has 4 amide bonds. The third-order valence-corrected chi connectivity index (χ3v) is 7.45. The SMILES string of the molecule is CC(C)c1ccc(CNC(=O)[C@H](CCC(N)=O)NC(=O)[C@@H]2CC[C@@H]3CCNC[C@H](C)C(=O)N32)c(Cl)c1. The molecule has 10 heteroatoms. The van der Waals surface area contributed by atoms with Gasteiger partial charge < -0.3 is 26.6 Å². The van der Waals surface area contributed by atoms with Gasteiger partial charge in [-0.15, -0.1) is 0 Å². The van der Waals surface area contributed by atoms with Crippen LogP contribution >= 0.6 is 11.6 Å². The number of hydrogen-bond acceptors (Lipinski definition) is 5. The van der Waals surface area contributed by atoms with E-state index in [0.29, 0.717) is 23.9 Å². The lowest BCUT2D eigenvalue weighted by Crippen LogP contribution is -2.56. The fourth-order valence-corrected chi connectivity index (χ4v) is 5.14. The standard InChI is InChI=1S/C26H38ClN5O4/c1-15(2)17-4-5-18(20(27)12-17)14-30-24(34)21(7-9-23(28)33)31-25(35)22-8-6-19-10-11-29-13-16(3)26(36)32(19)22/h4-5,12,15-16,19,21-22,29H,6-11,13-14H2,1-3H3,(H2,28,33)(H,30,34)(H,31,35)/t16-,19+,21-,22-/m0/s1. The van der Waals surface area contributed by atoms with E-state index in [1.165, 1.54) is 0 Å². The third kappa shape index (κ3) is 6.97. The predicted octanol–water partition coefficient (Wildman–Crippen LogP) is 1.82. The van der Waals surface area contributed by atoms with E-state index in [1.807, 2.05) is 25.1 Å². The summed E-state index contributed by atoms with van der Waals surface area (Å²) in [5, 5.41) is 9.45. The Kier molecular flexibility index (Phi) is 9.73. The Morgan fingerprint density at radius 1 is 1.22 bits per heavy atom. The van der Waals surface area contributed by atoms with Crippen LogP contribution in [0.3, 0.4) is 0 Å². The molecule has 0 spiro atoms. The van der Waals surface area contributed by atoms with Crippen molar-refractivity contribution in [2.24, 2.45) is 11.7 Å². The van der Waals surface area contributed by atoms with Crippen LogP contribution < -0.4 is 21.7 Å². The second-order valence-corrected chi connectivity index (χ2v) is 10.6. The number of primary amides is 1. The van der Waals surface area contributed by atoms with Crippen molar-refractivity contribution in [2.45, 2.75) is 83.5 Å². The van der Waals surface area contributed by atoms with Crippen LogP contribution in [0, 0.1) is 5.92 Å². The molecule has 9 nitrogen and oxygen atoms in total. The molecule has 1 aromatic carbocycles. The lowest BCUT2D eigenvalue weighted by Gasteiger charge is -2.34. The summed E-state index contributed by atoms with van der Waals surface area (Å²) in [7, 11) is 0. The molecule has 2 heterocycles. The van der Waals surface area contributed by atoms with Gasteiger partial charge in [0.25, 0.3) is 0 Å². The summed E-state index contributed by atoms with van der Waals surface area (Å²) in [6.07, 6.45) is 2.07. The number of benzene rings is 1. The van der Waals surface area contributed by atoms with Crippen LogP contribution in [-0.2, 0) is 25.7 Å². The van der Waals surface area contributed by atoms with Gasteiger partial charge in [0.15, 0.2) is 0 Å². The number of carbonyl (C=O) groups excluding carboxylic acids is 4. The molecule has 2 aliphatic heterocycles. The van der Waals surface area contributed by atoms with Crippen LogP contribution in [-0.4, -0.2) is 59.7 Å². The van der Waals surface area contributed by atoms with Gasteiger partial charge in [0.2, 0.25) is 23.6 Å². The zero-order valence-electron chi connectivity index (χ0n) is 21.3. The van der Waals surface area contributed by atoms with Gasteiger partial charge in [-0.05, 0) is 55.3 Å². The molecular weight excluding hydrogens is 482 g/mol. The zero-order chi connectivity index (χ0) is 26.4. The first-order valence-electron chi connectivity index (χ1n) is 12.8. The number of rotatable bonds is 9. The number of carbonyl (C=O) groups is 4. The van der Waals surface area contributed by atoms with Crippen LogP contribution in [0.25, 0.3) is 0 Å². The van der Waals surface area contributed by atoms with Crippen molar-refractivity contribution < 1.29 is 19.2 Å². The largest absolute Gasteiger partial charge is 0.370 e. The molecule has 3 rings (SSSR count). The summed E-state index contributed by atoms with van der Waals surface area (Å²) in [6.45, 7) is 7.54. The molecule has 198 valence electrons. The molecule has 0 saturated carbocycles. The van der Waals surface area contributed by atoms with Crippen LogP contribution in [0.1, 0.15) is 69.9 Å². The van der Waals surface area contributed by atoms with Gasteiger partial charge in [-0.3, -0.25) is 19.2 Å². The van der Waals surface area contributed by atoms with Gasteiger partial charge in [0, 0.05) is 36.5 Å². The minimum absolute atomic E-state index is 0.00245. The van der Waals surface area contributed by atoms with E-state index in [4.69, 9.17) is 17.3 Å². The maximum Gasteiger partial charge on any atom is 0.243 e. The summed E-state index contributed by atoms with van der Waals surface area (Å²) < 4.78 is 0.